The Morgan fingerprint density at radius 3 is 2.09 bits per heavy atom. The summed E-state index contributed by atoms with van der Waals surface area (Å²) in [5, 5.41) is 48.3. The first-order valence-corrected chi connectivity index (χ1v) is 7.54. The summed E-state index contributed by atoms with van der Waals surface area (Å²) in [5.41, 5.74) is 1.39. The van der Waals surface area contributed by atoms with E-state index in [1.807, 2.05) is 6.07 Å². The van der Waals surface area contributed by atoms with Crippen LogP contribution in [0.25, 0.3) is 0 Å². The van der Waals surface area contributed by atoms with Gasteiger partial charge in [-0.05, 0) is 54.0 Å². The highest BCUT2D eigenvalue weighted by atomic mass is 16.3. The molecule has 23 heavy (non-hydrogen) atoms. The van der Waals surface area contributed by atoms with Crippen molar-refractivity contribution >= 4 is 0 Å². The molecule has 124 valence electrons. The van der Waals surface area contributed by atoms with E-state index in [1.54, 1.807) is 30.3 Å². The predicted octanol–water partition coefficient (Wildman–Crippen LogP) is 1.81. The molecule has 2 aromatic carbocycles. The molecule has 0 fully saturated rings. The average molecular weight is 318 g/mol. The van der Waals surface area contributed by atoms with Crippen LogP contribution in [0.4, 0.5) is 0 Å². The fourth-order valence-corrected chi connectivity index (χ4v) is 2.77. The molecule has 0 radical (unpaired) electrons. The molecule has 2 unspecified atom stereocenters. The third kappa shape index (κ3) is 4.37. The van der Waals surface area contributed by atoms with E-state index in [2.05, 4.69) is 0 Å². The second kappa shape index (κ2) is 7.85. The largest absolute Gasteiger partial charge is 0.508 e. The molecule has 2 rings (SSSR count). The molecular weight excluding hydrogens is 296 g/mol. The molecule has 0 saturated heterocycles. The second-order valence-electron chi connectivity index (χ2n) is 5.75. The van der Waals surface area contributed by atoms with Crippen molar-refractivity contribution in [1.29, 1.82) is 0 Å². The van der Waals surface area contributed by atoms with Crippen LogP contribution in [0.15, 0.2) is 42.5 Å². The first-order valence-electron chi connectivity index (χ1n) is 7.54. The van der Waals surface area contributed by atoms with E-state index in [0.717, 1.165) is 5.56 Å². The van der Waals surface area contributed by atoms with E-state index in [4.69, 9.17) is 0 Å². The number of aromatic hydroxyl groups is 3. The number of phenolic OH excluding ortho intramolecular Hbond substituents is 3. The monoisotopic (exact) mass is 318 g/mol. The van der Waals surface area contributed by atoms with Crippen LogP contribution in [0, 0.1) is 11.8 Å². The van der Waals surface area contributed by atoms with Gasteiger partial charge in [0.25, 0.3) is 0 Å². The van der Waals surface area contributed by atoms with Gasteiger partial charge in [0.05, 0.1) is 0 Å². The fraction of sp³-hybridized carbons (Fsp3) is 0.333. The molecule has 0 amide bonds. The van der Waals surface area contributed by atoms with Crippen LogP contribution in [0.1, 0.15) is 11.1 Å². The second-order valence-corrected chi connectivity index (χ2v) is 5.75. The summed E-state index contributed by atoms with van der Waals surface area (Å²) in [5.74, 6) is -0.753. The van der Waals surface area contributed by atoms with Gasteiger partial charge in [-0.15, -0.1) is 0 Å². The van der Waals surface area contributed by atoms with Crippen molar-refractivity contribution < 1.29 is 25.5 Å². The van der Waals surface area contributed by atoms with Crippen LogP contribution in [0.3, 0.4) is 0 Å². The van der Waals surface area contributed by atoms with E-state index < -0.39 is 0 Å². The number of benzene rings is 2. The minimum atomic E-state index is -0.282. The Balaban J connectivity index is 2.15. The van der Waals surface area contributed by atoms with Gasteiger partial charge in [-0.25, -0.2) is 0 Å². The molecule has 5 N–H and O–H groups in total. The molecule has 0 bridgehead atoms. The Bertz CT molecular complexity index is 641. The third-order valence-electron chi connectivity index (χ3n) is 4.12. The van der Waals surface area contributed by atoms with Crippen molar-refractivity contribution in [3.05, 3.63) is 53.6 Å². The molecule has 5 heteroatoms. The zero-order valence-corrected chi connectivity index (χ0v) is 12.8. The molecule has 2 aromatic rings. The van der Waals surface area contributed by atoms with Crippen molar-refractivity contribution in [3.8, 4) is 17.2 Å². The van der Waals surface area contributed by atoms with Gasteiger partial charge in [-0.2, -0.15) is 0 Å². The van der Waals surface area contributed by atoms with Crippen LogP contribution in [0.2, 0.25) is 0 Å². The minimum Gasteiger partial charge on any atom is -0.508 e. The molecule has 2 atom stereocenters. The first kappa shape index (κ1) is 17.1. The maximum atomic E-state index is 9.90. The number of aliphatic hydroxyl groups excluding tert-OH is 2. The highest BCUT2D eigenvalue weighted by Crippen LogP contribution is 2.32. The number of rotatable bonds is 7. The van der Waals surface area contributed by atoms with Gasteiger partial charge in [0, 0.05) is 13.2 Å². The maximum absolute atomic E-state index is 9.90. The van der Waals surface area contributed by atoms with E-state index in [0.29, 0.717) is 18.4 Å². The van der Waals surface area contributed by atoms with Gasteiger partial charge in [-0.1, -0.05) is 24.3 Å². The number of aliphatic hydroxyl groups is 2. The quantitative estimate of drug-likeness (QED) is 0.501. The average Bonchev–Trinajstić information content (AvgIpc) is 2.54. The van der Waals surface area contributed by atoms with Crippen LogP contribution in [-0.2, 0) is 12.8 Å². The lowest BCUT2D eigenvalue weighted by atomic mass is 9.83. The molecule has 0 aliphatic heterocycles. The van der Waals surface area contributed by atoms with Gasteiger partial charge in [0.2, 0.25) is 0 Å². The lowest BCUT2D eigenvalue weighted by molar-refractivity contribution is 0.119. The van der Waals surface area contributed by atoms with Crippen LogP contribution < -0.4 is 0 Å². The van der Waals surface area contributed by atoms with Crippen molar-refractivity contribution in [2.45, 2.75) is 12.8 Å². The van der Waals surface area contributed by atoms with E-state index in [1.165, 1.54) is 6.07 Å². The van der Waals surface area contributed by atoms with Gasteiger partial charge in [-0.3, -0.25) is 0 Å². The Kier molecular flexibility index (Phi) is 5.84. The van der Waals surface area contributed by atoms with Crippen molar-refractivity contribution in [3.63, 3.8) is 0 Å². The Labute approximate surface area is 135 Å². The Morgan fingerprint density at radius 2 is 1.43 bits per heavy atom. The molecule has 0 aliphatic rings. The molecule has 5 nitrogen and oxygen atoms in total. The van der Waals surface area contributed by atoms with Crippen LogP contribution >= 0.6 is 0 Å². The summed E-state index contributed by atoms with van der Waals surface area (Å²) in [6.45, 7) is -0.278. The fourth-order valence-electron chi connectivity index (χ4n) is 2.77. The zero-order chi connectivity index (χ0) is 16.8. The number of hydrogen-bond donors (Lipinski definition) is 5. The summed E-state index contributed by atoms with van der Waals surface area (Å²) in [6.07, 6.45) is 0.830. The lowest BCUT2D eigenvalue weighted by Gasteiger charge is -2.24. The number of para-hydroxylation sites is 1. The van der Waals surface area contributed by atoms with Crippen molar-refractivity contribution in [2.24, 2.45) is 11.8 Å². The lowest BCUT2D eigenvalue weighted by Crippen LogP contribution is -2.26. The molecular formula is C18H22O5. The molecule has 0 aromatic heterocycles. The number of hydrogen-bond acceptors (Lipinski definition) is 5. The zero-order valence-electron chi connectivity index (χ0n) is 12.8. The predicted molar refractivity (Wildman–Crippen MR) is 86.4 cm³/mol. The maximum Gasteiger partial charge on any atom is 0.160 e. The van der Waals surface area contributed by atoms with Gasteiger partial charge >= 0.3 is 0 Å². The summed E-state index contributed by atoms with van der Waals surface area (Å²) in [4.78, 5) is 0. The van der Waals surface area contributed by atoms with Crippen LogP contribution in [0.5, 0.6) is 17.2 Å². The van der Waals surface area contributed by atoms with E-state index in [-0.39, 0.29) is 42.3 Å². The summed E-state index contributed by atoms with van der Waals surface area (Å²) < 4.78 is 0. The highest BCUT2D eigenvalue weighted by Gasteiger charge is 2.23. The highest BCUT2D eigenvalue weighted by molar-refractivity contribution is 5.44. The topological polar surface area (TPSA) is 101 Å². The normalized spacial score (nSPS) is 13.7. The SMILES string of the molecule is OCC(Cc1cccc(O)c1)C(CO)Cc1cccc(O)c1O. The van der Waals surface area contributed by atoms with E-state index in [9.17, 15) is 25.5 Å². The van der Waals surface area contributed by atoms with Gasteiger partial charge in [0.1, 0.15) is 5.75 Å². The summed E-state index contributed by atoms with van der Waals surface area (Å²) in [7, 11) is 0. The minimum absolute atomic E-state index is 0.125. The van der Waals surface area contributed by atoms with Crippen LogP contribution in [-0.4, -0.2) is 38.7 Å². The molecule has 0 aliphatic carbocycles. The molecule has 0 saturated carbocycles. The summed E-state index contributed by atoms with van der Waals surface area (Å²) >= 11 is 0. The molecule has 0 spiro atoms. The molecule has 0 heterocycles. The van der Waals surface area contributed by atoms with E-state index >= 15 is 0 Å². The standard InChI is InChI=1S/C18H22O5/c19-10-14(7-12-3-1-5-16(21)8-12)15(11-20)9-13-4-2-6-17(22)18(13)23/h1-6,8,14-15,19-23H,7,9-11H2. The van der Waals surface area contributed by atoms with Crippen molar-refractivity contribution in [2.75, 3.05) is 13.2 Å². The number of phenols is 3. The first-order chi connectivity index (χ1) is 11.0. The van der Waals surface area contributed by atoms with Crippen molar-refractivity contribution in [1.82, 2.24) is 0 Å². The van der Waals surface area contributed by atoms with Gasteiger partial charge < -0.3 is 25.5 Å². The Hall–Kier alpha value is -2.24. The third-order valence-corrected chi connectivity index (χ3v) is 4.12. The van der Waals surface area contributed by atoms with Gasteiger partial charge in [0.15, 0.2) is 11.5 Å². The summed E-state index contributed by atoms with van der Waals surface area (Å²) in [6, 6.07) is 11.5. The Morgan fingerprint density at radius 1 is 0.783 bits per heavy atom. The smallest absolute Gasteiger partial charge is 0.160 e.